The monoisotopic (exact) mass is 445 g/mol. The smallest absolute Gasteiger partial charge is 0.260 e. The Morgan fingerprint density at radius 3 is 2.55 bits per heavy atom. The summed E-state index contributed by atoms with van der Waals surface area (Å²) in [5, 5.41) is 2.32. The Balaban J connectivity index is 1.21. The molecule has 0 radical (unpaired) electrons. The Morgan fingerprint density at radius 2 is 1.73 bits per heavy atom. The highest BCUT2D eigenvalue weighted by Crippen LogP contribution is 2.28. The molecule has 33 heavy (non-hydrogen) atoms. The van der Waals surface area contributed by atoms with Crippen molar-refractivity contribution in [2.24, 2.45) is 0 Å². The zero-order valence-corrected chi connectivity index (χ0v) is 18.9. The first-order chi connectivity index (χ1) is 16.0. The van der Waals surface area contributed by atoms with Crippen LogP contribution < -0.4 is 4.74 Å². The number of hydrogen-bond donors (Lipinski definition) is 1. The highest BCUT2D eigenvalue weighted by molar-refractivity contribution is 6.07. The van der Waals surface area contributed by atoms with Crippen LogP contribution in [-0.4, -0.2) is 52.5 Å². The van der Waals surface area contributed by atoms with Crippen molar-refractivity contribution in [3.05, 3.63) is 78.1 Å². The third-order valence-corrected chi connectivity index (χ3v) is 6.57. The summed E-state index contributed by atoms with van der Waals surface area (Å²) in [6.07, 6.45) is 0. The van der Waals surface area contributed by atoms with Crippen LogP contribution in [0.4, 0.5) is 4.39 Å². The fourth-order valence-corrected chi connectivity index (χ4v) is 4.74. The van der Waals surface area contributed by atoms with E-state index in [2.05, 4.69) is 35.9 Å². The summed E-state index contributed by atoms with van der Waals surface area (Å²) in [6, 6.07) is 21.0. The number of rotatable bonds is 5. The molecule has 6 heteroatoms. The molecule has 0 unspecified atom stereocenters. The average molecular weight is 446 g/mol. The van der Waals surface area contributed by atoms with Crippen LogP contribution in [0.1, 0.15) is 19.4 Å². The zero-order chi connectivity index (χ0) is 22.9. The molecule has 4 aromatic rings. The maximum absolute atomic E-state index is 13.2. The SMILES string of the molecule is C[C@@H]1CN(C(=O)COc2ccc3c(c2)[nH]c2ccccc23)[C@@H](C)CN1Cc1ccc(F)cc1. The minimum atomic E-state index is -0.223. The van der Waals surface area contributed by atoms with Gasteiger partial charge in [0.25, 0.3) is 5.91 Å². The second kappa shape index (κ2) is 8.87. The Labute approximate surface area is 192 Å². The van der Waals surface area contributed by atoms with Crippen LogP contribution in [0.25, 0.3) is 21.8 Å². The molecule has 2 atom stereocenters. The number of hydrogen-bond acceptors (Lipinski definition) is 3. The van der Waals surface area contributed by atoms with Crippen LogP contribution in [0.3, 0.4) is 0 Å². The molecular formula is C27H28FN3O2. The van der Waals surface area contributed by atoms with Gasteiger partial charge < -0.3 is 14.6 Å². The van der Waals surface area contributed by atoms with Gasteiger partial charge in [0, 0.05) is 54.1 Å². The van der Waals surface area contributed by atoms with Crippen LogP contribution in [0.2, 0.25) is 0 Å². The molecule has 2 heterocycles. The quantitative estimate of drug-likeness (QED) is 0.472. The second-order valence-corrected chi connectivity index (χ2v) is 8.97. The van der Waals surface area contributed by atoms with Crippen molar-refractivity contribution in [1.82, 2.24) is 14.8 Å². The third kappa shape index (κ3) is 4.44. The van der Waals surface area contributed by atoms with Gasteiger partial charge >= 0.3 is 0 Å². The lowest BCUT2D eigenvalue weighted by Gasteiger charge is -2.44. The number of piperazine rings is 1. The van der Waals surface area contributed by atoms with Gasteiger partial charge in [0.1, 0.15) is 11.6 Å². The minimum absolute atomic E-state index is 0.00692. The molecule has 5 nitrogen and oxygen atoms in total. The van der Waals surface area contributed by atoms with Gasteiger partial charge in [0.05, 0.1) is 5.52 Å². The third-order valence-electron chi connectivity index (χ3n) is 6.57. The van der Waals surface area contributed by atoms with Crippen LogP contribution in [0.5, 0.6) is 5.75 Å². The van der Waals surface area contributed by atoms with Crippen molar-refractivity contribution >= 4 is 27.7 Å². The van der Waals surface area contributed by atoms with E-state index in [4.69, 9.17) is 4.74 Å². The molecule has 1 saturated heterocycles. The first kappa shape index (κ1) is 21.5. The number of fused-ring (bicyclic) bond motifs is 3. The van der Waals surface area contributed by atoms with E-state index in [1.54, 1.807) is 0 Å². The average Bonchev–Trinajstić information content (AvgIpc) is 3.19. The van der Waals surface area contributed by atoms with Gasteiger partial charge in [-0.05, 0) is 49.7 Å². The number of nitrogens with one attached hydrogen (secondary N) is 1. The van der Waals surface area contributed by atoms with E-state index in [0.717, 1.165) is 35.1 Å². The number of benzene rings is 3. The second-order valence-electron chi connectivity index (χ2n) is 8.97. The Bertz CT molecular complexity index is 1280. The standard InChI is InChI=1S/C27H28FN3O2/c1-18-15-31(19(2)14-30(18)16-20-7-9-21(28)10-8-20)27(32)17-33-22-11-12-24-23-5-3-4-6-25(23)29-26(24)13-22/h3-13,18-19,29H,14-17H2,1-2H3/t18-,19+/m1/s1. The number of carbonyl (C=O) groups excluding carboxylic acids is 1. The predicted octanol–water partition coefficient (Wildman–Crippen LogP) is 4.96. The van der Waals surface area contributed by atoms with Crippen LogP contribution >= 0.6 is 0 Å². The minimum Gasteiger partial charge on any atom is -0.484 e. The summed E-state index contributed by atoms with van der Waals surface area (Å²) in [5.74, 6) is 0.449. The first-order valence-corrected chi connectivity index (χ1v) is 11.4. The zero-order valence-electron chi connectivity index (χ0n) is 18.9. The van der Waals surface area contributed by atoms with Gasteiger partial charge in [-0.2, -0.15) is 0 Å². The van der Waals surface area contributed by atoms with Gasteiger partial charge in [-0.25, -0.2) is 4.39 Å². The Morgan fingerprint density at radius 1 is 0.970 bits per heavy atom. The van der Waals surface area contributed by atoms with Crippen molar-refractivity contribution in [2.45, 2.75) is 32.5 Å². The number of carbonyl (C=O) groups is 1. The summed E-state index contributed by atoms with van der Waals surface area (Å²) in [6.45, 7) is 6.37. The molecule has 1 aliphatic rings. The molecule has 1 aliphatic heterocycles. The first-order valence-electron chi connectivity index (χ1n) is 11.4. The van der Waals surface area contributed by atoms with Crippen molar-refractivity contribution in [1.29, 1.82) is 0 Å². The lowest BCUT2D eigenvalue weighted by atomic mass is 10.1. The fraction of sp³-hybridized carbons (Fsp3) is 0.296. The van der Waals surface area contributed by atoms with Gasteiger partial charge in [0.15, 0.2) is 6.61 Å². The van der Waals surface area contributed by atoms with Crippen molar-refractivity contribution in [3.8, 4) is 5.75 Å². The van der Waals surface area contributed by atoms with Crippen molar-refractivity contribution < 1.29 is 13.9 Å². The Hall–Kier alpha value is -3.38. The highest BCUT2D eigenvalue weighted by atomic mass is 19.1. The number of aromatic nitrogens is 1. The molecule has 1 N–H and O–H groups in total. The lowest BCUT2D eigenvalue weighted by molar-refractivity contribution is -0.139. The van der Waals surface area contributed by atoms with E-state index < -0.39 is 0 Å². The van der Waals surface area contributed by atoms with Gasteiger partial charge in [0.2, 0.25) is 0 Å². The molecule has 1 amide bonds. The lowest BCUT2D eigenvalue weighted by Crippen LogP contribution is -2.58. The number of amides is 1. The maximum atomic E-state index is 13.2. The van der Waals surface area contributed by atoms with Gasteiger partial charge in [-0.3, -0.25) is 9.69 Å². The Kier molecular flexibility index (Phi) is 5.77. The van der Waals surface area contributed by atoms with E-state index in [-0.39, 0.29) is 30.4 Å². The number of para-hydroxylation sites is 1. The van der Waals surface area contributed by atoms with Crippen molar-refractivity contribution in [3.63, 3.8) is 0 Å². The van der Waals surface area contributed by atoms with Gasteiger partial charge in [-0.15, -0.1) is 0 Å². The van der Waals surface area contributed by atoms with Crippen LogP contribution in [0.15, 0.2) is 66.7 Å². The normalized spacial score (nSPS) is 19.3. The van der Waals surface area contributed by atoms with Gasteiger partial charge in [-0.1, -0.05) is 30.3 Å². The molecule has 1 aromatic heterocycles. The van der Waals surface area contributed by atoms with E-state index in [1.165, 1.54) is 17.5 Å². The largest absolute Gasteiger partial charge is 0.484 e. The molecule has 1 fully saturated rings. The summed E-state index contributed by atoms with van der Waals surface area (Å²) >= 11 is 0. The number of aromatic amines is 1. The molecule has 5 rings (SSSR count). The van der Waals surface area contributed by atoms with Crippen LogP contribution in [0, 0.1) is 5.82 Å². The molecule has 0 saturated carbocycles. The van der Waals surface area contributed by atoms with E-state index in [9.17, 15) is 9.18 Å². The molecule has 3 aromatic carbocycles. The van der Waals surface area contributed by atoms with E-state index >= 15 is 0 Å². The maximum Gasteiger partial charge on any atom is 0.260 e. The molecule has 170 valence electrons. The summed E-state index contributed by atoms with van der Waals surface area (Å²) < 4.78 is 19.1. The number of nitrogens with zero attached hydrogens (tertiary/aromatic N) is 2. The van der Waals surface area contributed by atoms with E-state index in [0.29, 0.717) is 12.3 Å². The van der Waals surface area contributed by atoms with Crippen LogP contribution in [-0.2, 0) is 11.3 Å². The summed E-state index contributed by atoms with van der Waals surface area (Å²) in [7, 11) is 0. The topological polar surface area (TPSA) is 48.6 Å². The summed E-state index contributed by atoms with van der Waals surface area (Å²) in [4.78, 5) is 20.6. The van der Waals surface area contributed by atoms with Crippen molar-refractivity contribution in [2.75, 3.05) is 19.7 Å². The number of halogens is 1. The molecular weight excluding hydrogens is 417 g/mol. The van der Waals surface area contributed by atoms with E-state index in [1.807, 2.05) is 47.4 Å². The fourth-order valence-electron chi connectivity index (χ4n) is 4.74. The summed E-state index contributed by atoms with van der Waals surface area (Å²) in [5.41, 5.74) is 3.16. The number of ether oxygens (including phenoxy) is 1. The molecule has 0 spiro atoms. The number of H-pyrrole nitrogens is 1. The molecule has 0 aliphatic carbocycles. The highest BCUT2D eigenvalue weighted by Gasteiger charge is 2.32. The molecule has 0 bridgehead atoms. The predicted molar refractivity (Wildman–Crippen MR) is 129 cm³/mol.